The zero-order valence-corrected chi connectivity index (χ0v) is 11.0. The molecule has 10 heteroatoms. The standard InChI is InChI=1S/C11H11N5O5/c1-14-6-7(4-11(14)17)12-13-9-3-2-8(15(18)19)5-10(9)16(20)21/h2-3,5,13H,4,6H2,1H3. The lowest BCUT2D eigenvalue weighted by atomic mass is 10.2. The minimum Gasteiger partial charge on any atom is -0.340 e. The Kier molecular flexibility index (Phi) is 3.78. The summed E-state index contributed by atoms with van der Waals surface area (Å²) >= 11 is 0. The van der Waals surface area contributed by atoms with Gasteiger partial charge in [-0.3, -0.25) is 30.4 Å². The maximum atomic E-state index is 11.3. The summed E-state index contributed by atoms with van der Waals surface area (Å²) in [6.45, 7) is 0.340. The van der Waals surface area contributed by atoms with Gasteiger partial charge in [0.2, 0.25) is 5.91 Å². The Hall–Kier alpha value is -3.04. The molecule has 0 aromatic heterocycles. The lowest BCUT2D eigenvalue weighted by Crippen LogP contribution is -2.19. The summed E-state index contributed by atoms with van der Waals surface area (Å²) in [6, 6.07) is 3.21. The predicted octanol–water partition coefficient (Wildman–Crippen LogP) is 1.13. The highest BCUT2D eigenvalue weighted by Crippen LogP contribution is 2.29. The molecule has 110 valence electrons. The van der Waals surface area contributed by atoms with Gasteiger partial charge in [0.05, 0.1) is 34.6 Å². The molecular weight excluding hydrogens is 282 g/mol. The van der Waals surface area contributed by atoms with Crippen LogP contribution in [0.25, 0.3) is 0 Å². The molecule has 21 heavy (non-hydrogen) atoms. The van der Waals surface area contributed by atoms with Crippen LogP contribution in [0.1, 0.15) is 6.42 Å². The van der Waals surface area contributed by atoms with Crippen LogP contribution in [0.4, 0.5) is 17.1 Å². The molecule has 0 bridgehead atoms. The number of nitro groups is 2. The number of carbonyl (C=O) groups is 1. The highest BCUT2D eigenvalue weighted by molar-refractivity contribution is 6.08. The SMILES string of the molecule is CN1CC(=NNc2ccc([N+](=O)[O-])cc2[N+](=O)[O-])CC1=O. The van der Waals surface area contributed by atoms with Crippen LogP contribution >= 0.6 is 0 Å². The Balaban J connectivity index is 2.24. The number of non-ortho nitro benzene ring substituents is 1. The van der Waals surface area contributed by atoms with Gasteiger partial charge in [0.25, 0.3) is 5.69 Å². The number of nitrogens with zero attached hydrogens (tertiary/aromatic N) is 4. The van der Waals surface area contributed by atoms with Gasteiger partial charge in [-0.1, -0.05) is 0 Å². The Bertz CT molecular complexity index is 656. The number of benzene rings is 1. The van der Waals surface area contributed by atoms with Crippen molar-refractivity contribution in [2.24, 2.45) is 5.10 Å². The van der Waals surface area contributed by atoms with Crippen molar-refractivity contribution in [1.29, 1.82) is 0 Å². The van der Waals surface area contributed by atoms with E-state index in [4.69, 9.17) is 0 Å². The first-order chi connectivity index (χ1) is 9.88. The number of nitrogens with one attached hydrogen (secondary N) is 1. The van der Waals surface area contributed by atoms with E-state index in [1.54, 1.807) is 7.05 Å². The third-order valence-corrected chi connectivity index (χ3v) is 2.92. The van der Waals surface area contributed by atoms with Gasteiger partial charge in [-0.05, 0) is 6.07 Å². The van der Waals surface area contributed by atoms with Gasteiger partial charge in [0.1, 0.15) is 5.69 Å². The third-order valence-electron chi connectivity index (χ3n) is 2.92. The number of anilines is 1. The zero-order valence-electron chi connectivity index (χ0n) is 11.0. The van der Waals surface area contributed by atoms with Gasteiger partial charge in [0.15, 0.2) is 0 Å². The molecule has 1 aromatic carbocycles. The Morgan fingerprint density at radius 3 is 2.52 bits per heavy atom. The summed E-state index contributed by atoms with van der Waals surface area (Å²) in [4.78, 5) is 32.9. The Morgan fingerprint density at radius 2 is 2.00 bits per heavy atom. The van der Waals surface area contributed by atoms with Crippen molar-refractivity contribution < 1.29 is 14.6 Å². The molecule has 1 N–H and O–H groups in total. The maximum absolute atomic E-state index is 11.3. The molecule has 1 fully saturated rings. The third kappa shape index (κ3) is 3.11. The normalized spacial score (nSPS) is 16.3. The van der Waals surface area contributed by atoms with E-state index in [-0.39, 0.29) is 23.7 Å². The minimum absolute atomic E-state index is 0.0279. The van der Waals surface area contributed by atoms with Crippen LogP contribution in [-0.4, -0.2) is 40.0 Å². The van der Waals surface area contributed by atoms with Gasteiger partial charge < -0.3 is 4.90 Å². The van der Waals surface area contributed by atoms with E-state index in [2.05, 4.69) is 10.5 Å². The number of hydrazone groups is 1. The number of carbonyl (C=O) groups excluding carboxylic acids is 1. The van der Waals surface area contributed by atoms with Crippen LogP contribution in [0, 0.1) is 20.2 Å². The van der Waals surface area contributed by atoms with Crippen molar-refractivity contribution in [3.8, 4) is 0 Å². The van der Waals surface area contributed by atoms with E-state index in [0.717, 1.165) is 12.1 Å². The summed E-state index contributed by atoms with van der Waals surface area (Å²) in [6.07, 6.45) is 0.143. The first kappa shape index (κ1) is 14.4. The lowest BCUT2D eigenvalue weighted by Gasteiger charge is -2.05. The van der Waals surface area contributed by atoms with Crippen LogP contribution in [0.15, 0.2) is 23.3 Å². The van der Waals surface area contributed by atoms with E-state index in [9.17, 15) is 25.0 Å². The Labute approximate surface area is 118 Å². The molecule has 1 aliphatic heterocycles. The van der Waals surface area contributed by atoms with Crippen LogP contribution < -0.4 is 5.43 Å². The molecule has 0 atom stereocenters. The quantitative estimate of drug-likeness (QED) is 0.654. The summed E-state index contributed by atoms with van der Waals surface area (Å²) in [5, 5.41) is 25.5. The molecule has 1 heterocycles. The van der Waals surface area contributed by atoms with Crippen molar-refractivity contribution in [2.45, 2.75) is 6.42 Å². The number of hydrogen-bond acceptors (Lipinski definition) is 7. The smallest absolute Gasteiger partial charge is 0.301 e. The first-order valence-electron chi connectivity index (χ1n) is 5.86. The van der Waals surface area contributed by atoms with Crippen molar-refractivity contribution in [2.75, 3.05) is 19.0 Å². The second kappa shape index (κ2) is 5.53. The molecular formula is C11H11N5O5. The second-order valence-electron chi connectivity index (χ2n) is 4.43. The fraction of sp³-hybridized carbons (Fsp3) is 0.273. The zero-order chi connectivity index (χ0) is 15.6. The van der Waals surface area contributed by atoms with Crippen molar-refractivity contribution in [3.05, 3.63) is 38.4 Å². The molecule has 0 unspecified atom stereocenters. The highest BCUT2D eigenvalue weighted by atomic mass is 16.6. The van der Waals surface area contributed by atoms with Gasteiger partial charge >= 0.3 is 5.69 Å². The molecule has 1 aromatic rings. The molecule has 0 spiro atoms. The van der Waals surface area contributed by atoms with Gasteiger partial charge in [0, 0.05) is 13.1 Å². The summed E-state index contributed by atoms with van der Waals surface area (Å²) in [5.41, 5.74) is 2.22. The lowest BCUT2D eigenvalue weighted by molar-refractivity contribution is -0.393. The first-order valence-corrected chi connectivity index (χ1v) is 5.86. The topological polar surface area (TPSA) is 131 Å². The van der Waals surface area contributed by atoms with Crippen LogP contribution in [0.5, 0.6) is 0 Å². The molecule has 10 nitrogen and oxygen atoms in total. The maximum Gasteiger partial charge on any atom is 0.301 e. The van der Waals surface area contributed by atoms with Gasteiger partial charge in [-0.25, -0.2) is 0 Å². The van der Waals surface area contributed by atoms with E-state index >= 15 is 0 Å². The summed E-state index contributed by atoms with van der Waals surface area (Å²) in [7, 11) is 1.62. The molecule has 0 aliphatic carbocycles. The van der Waals surface area contributed by atoms with Gasteiger partial charge in [-0.2, -0.15) is 5.10 Å². The number of amides is 1. The predicted molar refractivity (Wildman–Crippen MR) is 73.1 cm³/mol. The average molecular weight is 293 g/mol. The number of nitro benzene ring substituents is 2. The minimum atomic E-state index is -0.735. The monoisotopic (exact) mass is 293 g/mol. The average Bonchev–Trinajstić information content (AvgIpc) is 2.75. The number of hydrogen-bond donors (Lipinski definition) is 1. The van der Waals surface area contributed by atoms with Crippen LogP contribution in [-0.2, 0) is 4.79 Å². The summed E-state index contributed by atoms with van der Waals surface area (Å²) < 4.78 is 0. The summed E-state index contributed by atoms with van der Waals surface area (Å²) in [5.74, 6) is -0.0891. The molecule has 1 saturated heterocycles. The number of likely N-dealkylation sites (tertiary alicyclic amines) is 1. The molecule has 0 radical (unpaired) electrons. The fourth-order valence-corrected chi connectivity index (χ4v) is 1.82. The van der Waals surface area contributed by atoms with E-state index in [1.807, 2.05) is 0 Å². The fourth-order valence-electron chi connectivity index (χ4n) is 1.82. The van der Waals surface area contributed by atoms with E-state index in [0.29, 0.717) is 12.3 Å². The van der Waals surface area contributed by atoms with E-state index in [1.165, 1.54) is 11.0 Å². The molecule has 1 amide bonds. The number of rotatable bonds is 4. The van der Waals surface area contributed by atoms with Gasteiger partial charge in [-0.15, -0.1) is 0 Å². The van der Waals surface area contributed by atoms with Crippen molar-refractivity contribution in [3.63, 3.8) is 0 Å². The second-order valence-corrected chi connectivity index (χ2v) is 4.43. The Morgan fingerprint density at radius 1 is 1.29 bits per heavy atom. The van der Waals surface area contributed by atoms with Crippen LogP contribution in [0.3, 0.4) is 0 Å². The van der Waals surface area contributed by atoms with Crippen LogP contribution in [0.2, 0.25) is 0 Å². The molecule has 2 rings (SSSR count). The van der Waals surface area contributed by atoms with Crippen molar-refractivity contribution in [1.82, 2.24) is 4.90 Å². The largest absolute Gasteiger partial charge is 0.340 e. The van der Waals surface area contributed by atoms with E-state index < -0.39 is 15.5 Å². The molecule has 1 aliphatic rings. The molecule has 0 saturated carbocycles. The van der Waals surface area contributed by atoms with Crippen molar-refractivity contribution >= 4 is 28.7 Å². The highest BCUT2D eigenvalue weighted by Gasteiger charge is 2.23.